The first-order chi connectivity index (χ1) is 9.95. The Morgan fingerprint density at radius 1 is 1.38 bits per heavy atom. The van der Waals surface area contributed by atoms with Gasteiger partial charge < -0.3 is 16.0 Å². The maximum atomic E-state index is 12.0. The van der Waals surface area contributed by atoms with E-state index in [4.69, 9.17) is 5.73 Å². The van der Waals surface area contributed by atoms with Crippen LogP contribution in [0.3, 0.4) is 0 Å². The van der Waals surface area contributed by atoms with Crippen molar-refractivity contribution in [1.82, 2.24) is 5.32 Å². The maximum absolute atomic E-state index is 12.0. The van der Waals surface area contributed by atoms with Crippen LogP contribution in [0.1, 0.15) is 13.3 Å². The van der Waals surface area contributed by atoms with Gasteiger partial charge in [-0.1, -0.05) is 6.92 Å². The van der Waals surface area contributed by atoms with Crippen molar-refractivity contribution in [2.24, 2.45) is 5.73 Å². The smallest absolute Gasteiger partial charge is 0.241 e. The van der Waals surface area contributed by atoms with Gasteiger partial charge in [0, 0.05) is 25.3 Å². The second-order valence-corrected chi connectivity index (χ2v) is 7.24. The van der Waals surface area contributed by atoms with Crippen LogP contribution in [0.25, 0.3) is 0 Å². The number of anilines is 1. The second-order valence-electron chi connectivity index (χ2n) is 5.13. The predicted molar refractivity (Wildman–Crippen MR) is 82.0 cm³/mol. The third-order valence-electron chi connectivity index (χ3n) is 3.57. The third-order valence-corrected chi connectivity index (χ3v) is 5.51. The molecular formula is C14H21N3O3S. The number of nitrogens with two attached hydrogens (primary N) is 1. The second kappa shape index (κ2) is 6.44. The maximum Gasteiger partial charge on any atom is 0.241 e. The number of carbonyl (C=O) groups is 1. The van der Waals surface area contributed by atoms with Crippen LogP contribution in [0.2, 0.25) is 0 Å². The minimum Gasteiger partial charge on any atom is -0.368 e. The van der Waals surface area contributed by atoms with E-state index in [0.717, 1.165) is 12.2 Å². The van der Waals surface area contributed by atoms with E-state index in [1.165, 1.54) is 0 Å². The van der Waals surface area contributed by atoms with Crippen molar-refractivity contribution in [3.8, 4) is 0 Å². The van der Waals surface area contributed by atoms with Gasteiger partial charge in [0.1, 0.15) is 6.04 Å². The molecule has 1 aliphatic rings. The number of rotatable bonds is 5. The van der Waals surface area contributed by atoms with Crippen molar-refractivity contribution in [2.75, 3.05) is 30.3 Å². The van der Waals surface area contributed by atoms with E-state index in [1.54, 1.807) is 24.3 Å². The average Bonchev–Trinajstić information content (AvgIpc) is 2.47. The van der Waals surface area contributed by atoms with Gasteiger partial charge in [0.15, 0.2) is 9.84 Å². The highest BCUT2D eigenvalue weighted by Gasteiger charge is 2.27. The van der Waals surface area contributed by atoms with Crippen LogP contribution >= 0.6 is 0 Å². The lowest BCUT2D eigenvalue weighted by Gasteiger charge is -2.36. The number of amides is 1. The number of sulfone groups is 1. The van der Waals surface area contributed by atoms with Gasteiger partial charge in [-0.25, -0.2) is 8.42 Å². The summed E-state index contributed by atoms with van der Waals surface area (Å²) >= 11 is 0. The zero-order valence-electron chi connectivity index (χ0n) is 12.1. The Bertz CT molecular complexity index is 598. The SMILES string of the molecule is CCCS(=O)(=O)c1ccc(N2CCNCC2C(N)=O)cc1. The van der Waals surface area contributed by atoms with Crippen LogP contribution < -0.4 is 16.0 Å². The largest absolute Gasteiger partial charge is 0.368 e. The van der Waals surface area contributed by atoms with Crippen molar-refractivity contribution >= 4 is 21.4 Å². The van der Waals surface area contributed by atoms with Crippen molar-refractivity contribution in [3.05, 3.63) is 24.3 Å². The molecule has 0 spiro atoms. The number of nitrogens with one attached hydrogen (secondary N) is 1. The van der Waals surface area contributed by atoms with Gasteiger partial charge in [0.25, 0.3) is 0 Å². The highest BCUT2D eigenvalue weighted by Crippen LogP contribution is 2.21. The van der Waals surface area contributed by atoms with Crippen molar-refractivity contribution in [3.63, 3.8) is 0 Å². The predicted octanol–water partition coefficient (Wildman–Crippen LogP) is 0.134. The molecule has 0 radical (unpaired) electrons. The monoisotopic (exact) mass is 311 g/mol. The van der Waals surface area contributed by atoms with E-state index in [9.17, 15) is 13.2 Å². The average molecular weight is 311 g/mol. The minimum atomic E-state index is -3.21. The number of carbonyl (C=O) groups excluding carboxylic acids is 1. The van der Waals surface area contributed by atoms with E-state index in [2.05, 4.69) is 5.32 Å². The Labute approximate surface area is 125 Å². The van der Waals surface area contributed by atoms with Gasteiger partial charge in [-0.2, -0.15) is 0 Å². The third kappa shape index (κ3) is 3.54. The number of hydrogen-bond donors (Lipinski definition) is 2. The first-order valence-corrected chi connectivity index (χ1v) is 8.70. The minimum absolute atomic E-state index is 0.143. The van der Waals surface area contributed by atoms with E-state index in [1.807, 2.05) is 11.8 Å². The fraction of sp³-hybridized carbons (Fsp3) is 0.500. The van der Waals surface area contributed by atoms with Crippen LogP contribution in [0.4, 0.5) is 5.69 Å². The number of benzene rings is 1. The quantitative estimate of drug-likeness (QED) is 0.806. The van der Waals surface area contributed by atoms with Gasteiger partial charge in [0.2, 0.25) is 5.91 Å². The molecule has 21 heavy (non-hydrogen) atoms. The molecule has 0 aliphatic carbocycles. The Kier molecular flexibility index (Phi) is 4.84. The summed E-state index contributed by atoms with van der Waals surface area (Å²) in [5.74, 6) is -0.242. The van der Waals surface area contributed by atoms with E-state index < -0.39 is 15.9 Å². The Morgan fingerprint density at radius 2 is 2.05 bits per heavy atom. The molecule has 1 unspecified atom stereocenters. The molecular weight excluding hydrogens is 290 g/mol. The molecule has 1 atom stereocenters. The first-order valence-electron chi connectivity index (χ1n) is 7.05. The molecule has 7 heteroatoms. The zero-order valence-corrected chi connectivity index (χ0v) is 12.9. The number of nitrogens with zero attached hydrogens (tertiary/aromatic N) is 1. The fourth-order valence-electron chi connectivity index (χ4n) is 2.50. The Balaban J connectivity index is 2.24. The van der Waals surface area contributed by atoms with Crippen LogP contribution in [0.5, 0.6) is 0 Å². The molecule has 1 fully saturated rings. The van der Waals surface area contributed by atoms with Crippen LogP contribution in [0.15, 0.2) is 29.2 Å². The molecule has 1 aromatic rings. The van der Waals surface area contributed by atoms with Crippen LogP contribution in [-0.2, 0) is 14.6 Å². The summed E-state index contributed by atoms with van der Waals surface area (Å²) in [7, 11) is -3.21. The molecule has 2 rings (SSSR count). The van der Waals surface area contributed by atoms with Gasteiger partial charge in [-0.15, -0.1) is 0 Å². The van der Waals surface area contributed by atoms with Gasteiger partial charge in [-0.3, -0.25) is 4.79 Å². The lowest BCUT2D eigenvalue weighted by molar-refractivity contribution is -0.119. The molecule has 1 saturated heterocycles. The summed E-state index contributed by atoms with van der Waals surface area (Å²) in [4.78, 5) is 13.7. The summed E-state index contributed by atoms with van der Waals surface area (Å²) in [5, 5.41) is 3.13. The summed E-state index contributed by atoms with van der Waals surface area (Å²) < 4.78 is 24.0. The number of hydrogen-bond acceptors (Lipinski definition) is 5. The van der Waals surface area contributed by atoms with Gasteiger partial charge in [-0.05, 0) is 30.7 Å². The summed E-state index contributed by atoms with van der Waals surface area (Å²) in [5.41, 5.74) is 6.23. The normalized spacial score (nSPS) is 19.5. The molecule has 1 amide bonds. The molecule has 1 aliphatic heterocycles. The van der Waals surface area contributed by atoms with E-state index >= 15 is 0 Å². The van der Waals surface area contributed by atoms with Crippen molar-refractivity contribution in [2.45, 2.75) is 24.3 Å². The molecule has 6 nitrogen and oxygen atoms in total. The number of piperazine rings is 1. The molecule has 3 N–H and O–H groups in total. The number of primary amides is 1. The molecule has 1 heterocycles. The standard InChI is InChI=1S/C14H21N3O3S/c1-2-9-21(19,20)12-5-3-11(4-6-12)17-8-7-16-10-13(17)14(15)18/h3-6,13,16H,2,7-10H2,1H3,(H2,15,18). The van der Waals surface area contributed by atoms with Gasteiger partial charge in [0.05, 0.1) is 10.6 Å². The van der Waals surface area contributed by atoms with Crippen LogP contribution in [0, 0.1) is 0 Å². The highest BCUT2D eigenvalue weighted by molar-refractivity contribution is 7.91. The van der Waals surface area contributed by atoms with Gasteiger partial charge >= 0.3 is 0 Å². The summed E-state index contributed by atoms with van der Waals surface area (Å²) in [6.07, 6.45) is 0.589. The zero-order chi connectivity index (χ0) is 15.5. The Hall–Kier alpha value is -1.60. The summed E-state index contributed by atoms with van der Waals surface area (Å²) in [6.45, 7) is 3.77. The van der Waals surface area contributed by atoms with Crippen LogP contribution in [-0.4, -0.2) is 45.8 Å². The lowest BCUT2D eigenvalue weighted by Crippen LogP contribution is -2.57. The first kappa shape index (κ1) is 15.8. The highest BCUT2D eigenvalue weighted by atomic mass is 32.2. The summed E-state index contributed by atoms with van der Waals surface area (Å²) in [6, 6.07) is 6.27. The Morgan fingerprint density at radius 3 is 2.62 bits per heavy atom. The van der Waals surface area contributed by atoms with Crippen molar-refractivity contribution in [1.29, 1.82) is 0 Å². The fourth-order valence-corrected chi connectivity index (χ4v) is 3.82. The van der Waals surface area contributed by atoms with Crippen molar-refractivity contribution < 1.29 is 13.2 Å². The van der Waals surface area contributed by atoms with E-state index in [0.29, 0.717) is 24.4 Å². The lowest BCUT2D eigenvalue weighted by atomic mass is 10.1. The molecule has 0 aromatic heterocycles. The topological polar surface area (TPSA) is 92.5 Å². The molecule has 0 saturated carbocycles. The molecule has 0 bridgehead atoms. The molecule has 116 valence electrons. The van der Waals surface area contributed by atoms with E-state index in [-0.39, 0.29) is 11.7 Å². The molecule has 1 aromatic carbocycles.